The van der Waals surface area contributed by atoms with E-state index >= 15 is 0 Å². The van der Waals surface area contributed by atoms with Gasteiger partial charge in [-0.3, -0.25) is 19.5 Å². The summed E-state index contributed by atoms with van der Waals surface area (Å²) in [6.07, 6.45) is 0.510. The molecule has 0 spiro atoms. The van der Waals surface area contributed by atoms with Crippen LogP contribution in [0.5, 0.6) is 0 Å². The van der Waals surface area contributed by atoms with Crippen molar-refractivity contribution in [2.24, 2.45) is 7.05 Å². The van der Waals surface area contributed by atoms with Gasteiger partial charge in [0.25, 0.3) is 11.2 Å². The van der Waals surface area contributed by atoms with E-state index in [4.69, 9.17) is 4.74 Å². The van der Waals surface area contributed by atoms with Crippen molar-refractivity contribution in [1.29, 1.82) is 0 Å². The molecule has 0 radical (unpaired) electrons. The number of hydrogen-bond donors (Lipinski definition) is 1. The number of methoxy groups -OCH3 is 1. The van der Waals surface area contributed by atoms with Crippen molar-refractivity contribution in [1.82, 2.24) is 14.5 Å². The minimum absolute atomic E-state index is 0.0685. The second-order valence-electron chi connectivity index (χ2n) is 7.20. The number of carbonyl (C=O) groups excluding carboxylic acids is 1. The number of ether oxygens (including phenoxy) is 1. The molecule has 0 aliphatic heterocycles. The first-order valence-corrected chi connectivity index (χ1v) is 10.1. The van der Waals surface area contributed by atoms with E-state index < -0.39 is 17.0 Å². The lowest BCUT2D eigenvalue weighted by Gasteiger charge is -2.31. The summed E-state index contributed by atoms with van der Waals surface area (Å²) in [7, 11) is 3.18. The second-order valence-corrected chi connectivity index (χ2v) is 7.20. The second kappa shape index (κ2) is 10.0. The fraction of sp³-hybridized carbons (Fsp3) is 0.318. The van der Waals surface area contributed by atoms with Gasteiger partial charge >= 0.3 is 6.03 Å². The molecule has 10 nitrogen and oxygen atoms in total. The minimum Gasteiger partial charge on any atom is -0.383 e. The molecule has 2 amide bonds. The lowest BCUT2D eigenvalue weighted by Crippen LogP contribution is -2.42. The zero-order chi connectivity index (χ0) is 23.3. The zero-order valence-electron chi connectivity index (χ0n) is 18.1. The molecular formula is C22H25N5O5. The molecule has 1 aromatic heterocycles. The third-order valence-corrected chi connectivity index (χ3v) is 5.21. The number of nitrogens with one attached hydrogen (secondary N) is 1. The number of nitrogens with zero attached hydrogens (tertiary/aromatic N) is 4. The highest BCUT2D eigenvalue weighted by atomic mass is 16.6. The number of benzene rings is 2. The summed E-state index contributed by atoms with van der Waals surface area (Å²) in [6, 6.07) is 11.7. The van der Waals surface area contributed by atoms with Crippen LogP contribution in [0, 0.1) is 10.1 Å². The van der Waals surface area contributed by atoms with Crippen molar-refractivity contribution in [2.45, 2.75) is 19.4 Å². The van der Waals surface area contributed by atoms with Crippen LogP contribution in [0.3, 0.4) is 0 Å². The van der Waals surface area contributed by atoms with E-state index in [0.29, 0.717) is 28.8 Å². The SMILES string of the molecule is CCC(c1nc2ccccc2c(=O)n1C)N(CCOC)C(=O)Nc1ccc([N+](=O)[O-])cc1. The molecule has 0 fully saturated rings. The molecule has 3 aromatic rings. The van der Waals surface area contributed by atoms with E-state index in [1.807, 2.05) is 13.0 Å². The minimum atomic E-state index is -0.504. The van der Waals surface area contributed by atoms with Crippen LogP contribution in [0.1, 0.15) is 25.2 Å². The van der Waals surface area contributed by atoms with Crippen molar-refractivity contribution in [3.05, 3.63) is 74.8 Å². The number of amides is 2. The van der Waals surface area contributed by atoms with E-state index in [1.54, 1.807) is 30.1 Å². The average Bonchev–Trinajstić information content (AvgIpc) is 2.79. The maximum Gasteiger partial charge on any atom is 0.322 e. The Morgan fingerprint density at radius 1 is 1.25 bits per heavy atom. The van der Waals surface area contributed by atoms with Crippen molar-refractivity contribution in [3.63, 3.8) is 0 Å². The number of para-hydroxylation sites is 1. The lowest BCUT2D eigenvalue weighted by atomic mass is 10.1. The highest BCUT2D eigenvalue weighted by molar-refractivity contribution is 5.89. The van der Waals surface area contributed by atoms with E-state index in [2.05, 4.69) is 10.3 Å². The summed E-state index contributed by atoms with van der Waals surface area (Å²) in [5.41, 5.74) is 0.720. The number of non-ortho nitro benzene ring substituents is 1. The number of nitro benzene ring substituents is 1. The van der Waals surface area contributed by atoms with Crippen LogP contribution < -0.4 is 10.9 Å². The Bertz CT molecular complexity index is 1180. The fourth-order valence-electron chi connectivity index (χ4n) is 3.53. The standard InChI is InChI=1S/C22H25N5O5/c1-4-19(20-24-18-8-6-5-7-17(18)21(28)25(20)2)26(13-14-32-3)22(29)23-15-9-11-16(12-10-15)27(30)31/h5-12,19H,4,13-14H2,1-3H3,(H,23,29). The number of anilines is 1. The van der Waals surface area contributed by atoms with Gasteiger partial charge in [0, 0.05) is 38.5 Å². The van der Waals surface area contributed by atoms with Crippen molar-refractivity contribution >= 4 is 28.3 Å². The lowest BCUT2D eigenvalue weighted by molar-refractivity contribution is -0.384. The zero-order valence-corrected chi connectivity index (χ0v) is 18.1. The Hall–Kier alpha value is -3.79. The highest BCUT2D eigenvalue weighted by Crippen LogP contribution is 2.25. The number of rotatable bonds is 8. The number of aromatic nitrogens is 2. The molecule has 1 N–H and O–H groups in total. The normalized spacial score (nSPS) is 11.8. The molecule has 0 saturated carbocycles. The third-order valence-electron chi connectivity index (χ3n) is 5.21. The van der Waals surface area contributed by atoms with Crippen molar-refractivity contribution in [3.8, 4) is 0 Å². The molecule has 1 atom stereocenters. The van der Waals surface area contributed by atoms with Crippen LogP contribution in [0.2, 0.25) is 0 Å². The highest BCUT2D eigenvalue weighted by Gasteiger charge is 2.28. The molecule has 0 bridgehead atoms. The fourth-order valence-corrected chi connectivity index (χ4v) is 3.53. The van der Waals surface area contributed by atoms with Gasteiger partial charge in [-0.2, -0.15) is 0 Å². The predicted molar refractivity (Wildman–Crippen MR) is 121 cm³/mol. The van der Waals surface area contributed by atoms with E-state index in [0.717, 1.165) is 0 Å². The Balaban J connectivity index is 1.96. The first-order chi connectivity index (χ1) is 15.4. The maximum absolute atomic E-state index is 13.2. The summed E-state index contributed by atoms with van der Waals surface area (Å²) in [5.74, 6) is 0.464. The number of urea groups is 1. The molecule has 10 heteroatoms. The molecule has 3 rings (SSSR count). The smallest absolute Gasteiger partial charge is 0.322 e. The first-order valence-electron chi connectivity index (χ1n) is 10.1. The van der Waals surface area contributed by atoms with Gasteiger partial charge < -0.3 is 15.0 Å². The van der Waals surface area contributed by atoms with Crippen LogP contribution >= 0.6 is 0 Å². The summed E-state index contributed by atoms with van der Waals surface area (Å²) in [5, 5.41) is 14.1. The first kappa shape index (κ1) is 22.9. The topological polar surface area (TPSA) is 120 Å². The number of carbonyl (C=O) groups is 1. The molecule has 0 aliphatic carbocycles. The van der Waals surface area contributed by atoms with Gasteiger partial charge in [-0.1, -0.05) is 19.1 Å². The van der Waals surface area contributed by atoms with Crippen LogP contribution in [-0.4, -0.2) is 45.7 Å². The maximum atomic E-state index is 13.2. The third kappa shape index (κ3) is 4.75. The van der Waals surface area contributed by atoms with Gasteiger partial charge in [0.1, 0.15) is 5.82 Å². The van der Waals surface area contributed by atoms with Gasteiger partial charge in [0.15, 0.2) is 0 Å². The molecule has 2 aromatic carbocycles. The molecule has 168 valence electrons. The average molecular weight is 439 g/mol. The monoisotopic (exact) mass is 439 g/mol. The van der Waals surface area contributed by atoms with Crippen molar-refractivity contribution in [2.75, 3.05) is 25.6 Å². The van der Waals surface area contributed by atoms with Gasteiger partial charge in [0.05, 0.1) is 28.5 Å². The number of fused-ring (bicyclic) bond motifs is 1. The van der Waals surface area contributed by atoms with E-state index in [-0.39, 0.29) is 24.4 Å². The molecule has 32 heavy (non-hydrogen) atoms. The largest absolute Gasteiger partial charge is 0.383 e. The summed E-state index contributed by atoms with van der Waals surface area (Å²) < 4.78 is 6.65. The summed E-state index contributed by atoms with van der Waals surface area (Å²) in [6.45, 7) is 2.45. The van der Waals surface area contributed by atoms with Crippen LogP contribution in [0.15, 0.2) is 53.3 Å². The van der Waals surface area contributed by atoms with Crippen molar-refractivity contribution < 1.29 is 14.5 Å². The molecule has 1 heterocycles. The Labute approximate surface area is 184 Å². The number of nitro groups is 1. The number of hydrogen-bond acceptors (Lipinski definition) is 6. The van der Waals surface area contributed by atoms with Crippen LogP contribution in [0.25, 0.3) is 10.9 Å². The predicted octanol–water partition coefficient (Wildman–Crippen LogP) is 3.47. The summed E-state index contributed by atoms with van der Waals surface area (Å²) >= 11 is 0. The van der Waals surface area contributed by atoms with E-state index in [1.165, 1.54) is 35.9 Å². The molecule has 0 aliphatic rings. The molecule has 1 unspecified atom stereocenters. The quantitative estimate of drug-likeness (QED) is 0.424. The van der Waals surface area contributed by atoms with Gasteiger partial charge in [0.2, 0.25) is 0 Å². The Morgan fingerprint density at radius 3 is 2.56 bits per heavy atom. The van der Waals surface area contributed by atoms with Gasteiger partial charge in [-0.15, -0.1) is 0 Å². The molecule has 0 saturated heterocycles. The van der Waals surface area contributed by atoms with Gasteiger partial charge in [-0.05, 0) is 30.7 Å². The van der Waals surface area contributed by atoms with Crippen LogP contribution in [-0.2, 0) is 11.8 Å². The Kier molecular flexibility index (Phi) is 7.16. The summed E-state index contributed by atoms with van der Waals surface area (Å²) in [4.78, 5) is 42.7. The van der Waals surface area contributed by atoms with Crippen LogP contribution in [0.4, 0.5) is 16.2 Å². The van der Waals surface area contributed by atoms with E-state index in [9.17, 15) is 19.7 Å². The molecular weight excluding hydrogens is 414 g/mol. The van der Waals surface area contributed by atoms with Gasteiger partial charge in [-0.25, -0.2) is 9.78 Å². The Morgan fingerprint density at radius 2 is 1.94 bits per heavy atom.